The first-order chi connectivity index (χ1) is 16.4. The number of nitrogens with one attached hydrogen (secondary N) is 1. The normalized spacial score (nSPS) is 14.8. The van der Waals surface area contributed by atoms with Gasteiger partial charge < -0.3 is 10.2 Å². The molecule has 9 heteroatoms. The van der Waals surface area contributed by atoms with Crippen LogP contribution in [0.25, 0.3) is 11.4 Å². The molecule has 1 N–H and O–H groups in total. The fourth-order valence-corrected chi connectivity index (χ4v) is 6.20. The van der Waals surface area contributed by atoms with E-state index in [1.165, 1.54) is 16.6 Å². The highest BCUT2D eigenvalue weighted by atomic mass is 32.2. The van der Waals surface area contributed by atoms with E-state index in [4.69, 9.17) is 0 Å². The van der Waals surface area contributed by atoms with Crippen LogP contribution in [0.4, 0.5) is 10.7 Å². The molecule has 34 heavy (non-hydrogen) atoms. The largest absolute Gasteiger partial charge is 0.378 e. The quantitative estimate of drug-likeness (QED) is 0.352. The third-order valence-electron chi connectivity index (χ3n) is 5.86. The molecule has 1 aliphatic rings. The number of nitrogens with zero attached hydrogens (tertiary/aromatic N) is 5. The number of nitriles is 1. The number of hydrogen-bond donors (Lipinski definition) is 1. The van der Waals surface area contributed by atoms with E-state index in [1.54, 1.807) is 17.4 Å². The molecule has 1 unspecified atom stereocenters. The highest BCUT2D eigenvalue weighted by molar-refractivity contribution is 7.99. The van der Waals surface area contributed by atoms with Crippen molar-refractivity contribution in [3.8, 4) is 17.5 Å². The maximum atomic E-state index is 12.8. The molecule has 0 saturated heterocycles. The summed E-state index contributed by atoms with van der Waals surface area (Å²) in [4.78, 5) is 16.0. The Bertz CT molecular complexity index is 1250. The van der Waals surface area contributed by atoms with Crippen LogP contribution in [0.2, 0.25) is 0 Å². The minimum absolute atomic E-state index is 0.155. The third-order valence-corrected chi connectivity index (χ3v) is 7.99. The first-order valence-corrected chi connectivity index (χ1v) is 13.0. The van der Waals surface area contributed by atoms with Crippen LogP contribution in [0.3, 0.4) is 0 Å². The van der Waals surface area contributed by atoms with Gasteiger partial charge in [-0.25, -0.2) is 0 Å². The Morgan fingerprint density at radius 3 is 3.00 bits per heavy atom. The van der Waals surface area contributed by atoms with Crippen LogP contribution in [-0.2, 0) is 24.2 Å². The molecule has 176 valence electrons. The number of thioether (sulfide) groups is 1. The minimum atomic E-state index is -0.155. The number of thiophene rings is 1. The summed E-state index contributed by atoms with van der Waals surface area (Å²) in [6.07, 6.45) is 4.76. The zero-order valence-electron chi connectivity index (χ0n) is 19.7. The minimum Gasteiger partial charge on any atom is -0.378 e. The number of benzene rings is 1. The van der Waals surface area contributed by atoms with Crippen molar-refractivity contribution in [2.24, 2.45) is 5.92 Å². The number of hydrogen-bond acceptors (Lipinski definition) is 7. The maximum Gasteiger partial charge on any atom is 0.235 e. The van der Waals surface area contributed by atoms with E-state index in [2.05, 4.69) is 41.2 Å². The van der Waals surface area contributed by atoms with Gasteiger partial charge in [0.1, 0.15) is 11.1 Å². The summed E-state index contributed by atoms with van der Waals surface area (Å²) in [5.41, 5.74) is 3.77. The summed E-state index contributed by atoms with van der Waals surface area (Å²) in [6.45, 7) is 6.63. The smallest absolute Gasteiger partial charge is 0.235 e. The van der Waals surface area contributed by atoms with Crippen molar-refractivity contribution in [2.45, 2.75) is 37.9 Å². The average molecular weight is 493 g/mol. The maximum absolute atomic E-state index is 12.8. The number of rotatable bonds is 8. The second-order valence-electron chi connectivity index (χ2n) is 8.65. The van der Waals surface area contributed by atoms with E-state index in [1.807, 2.05) is 41.8 Å². The van der Waals surface area contributed by atoms with Gasteiger partial charge in [0.05, 0.1) is 11.3 Å². The van der Waals surface area contributed by atoms with Crippen LogP contribution in [-0.4, -0.2) is 40.5 Å². The summed E-state index contributed by atoms with van der Waals surface area (Å²) in [5.74, 6) is 1.37. The third kappa shape index (κ3) is 5.03. The van der Waals surface area contributed by atoms with Crippen LogP contribution in [0.1, 0.15) is 29.3 Å². The molecule has 2 aromatic heterocycles. The summed E-state index contributed by atoms with van der Waals surface area (Å²) >= 11 is 2.87. The number of carbonyl (C=O) groups excluding carboxylic acids is 1. The Labute approximate surface area is 208 Å². The molecule has 0 bridgehead atoms. The van der Waals surface area contributed by atoms with E-state index >= 15 is 0 Å². The Balaban J connectivity index is 1.49. The zero-order valence-corrected chi connectivity index (χ0v) is 21.3. The predicted octanol–water partition coefficient (Wildman–Crippen LogP) is 4.99. The van der Waals surface area contributed by atoms with Crippen LogP contribution in [0.15, 0.2) is 42.1 Å². The van der Waals surface area contributed by atoms with Gasteiger partial charge in [0.2, 0.25) is 5.91 Å². The molecule has 0 fully saturated rings. The van der Waals surface area contributed by atoms with E-state index in [0.717, 1.165) is 41.9 Å². The first-order valence-electron chi connectivity index (χ1n) is 11.2. The van der Waals surface area contributed by atoms with Crippen molar-refractivity contribution in [3.63, 3.8) is 0 Å². The molecule has 3 aromatic rings. The Morgan fingerprint density at radius 1 is 1.44 bits per heavy atom. The molecule has 2 heterocycles. The lowest BCUT2D eigenvalue weighted by atomic mass is 9.89. The van der Waals surface area contributed by atoms with Gasteiger partial charge >= 0.3 is 0 Å². The number of carbonyl (C=O) groups is 1. The topological polar surface area (TPSA) is 86.8 Å². The molecule has 1 atom stereocenters. The highest BCUT2D eigenvalue weighted by Gasteiger charge is 2.25. The van der Waals surface area contributed by atoms with E-state index in [-0.39, 0.29) is 11.7 Å². The zero-order chi connectivity index (χ0) is 24.2. The molecule has 0 spiro atoms. The lowest BCUT2D eigenvalue weighted by Crippen LogP contribution is -2.15. The standard InChI is InChI=1S/C25H28N6OS2/c1-5-11-31-23(17-7-6-8-18(13-17)30(3)4)28-29-25(31)33-15-22(32)27-24-20(14-26)19-10-9-16(2)12-21(19)34-24/h5-8,13,16H,1,9-12,15H2,2-4H3,(H,27,32). The van der Waals surface area contributed by atoms with Gasteiger partial charge in [0, 0.05) is 36.8 Å². The number of anilines is 2. The number of fused-ring (bicyclic) bond motifs is 1. The lowest BCUT2D eigenvalue weighted by molar-refractivity contribution is -0.113. The fraction of sp³-hybridized carbons (Fsp3) is 0.360. The average Bonchev–Trinajstić information content (AvgIpc) is 3.37. The van der Waals surface area contributed by atoms with Crippen molar-refractivity contribution in [2.75, 3.05) is 30.1 Å². The summed E-state index contributed by atoms with van der Waals surface area (Å²) in [5, 5.41) is 22.7. The first kappa shape index (κ1) is 24.0. The monoisotopic (exact) mass is 492 g/mol. The molecule has 0 saturated carbocycles. The molecular formula is C25H28N6OS2. The van der Waals surface area contributed by atoms with E-state index in [0.29, 0.717) is 28.2 Å². The van der Waals surface area contributed by atoms with Gasteiger partial charge in [-0.15, -0.1) is 28.1 Å². The Hall–Kier alpha value is -3.09. The van der Waals surface area contributed by atoms with Gasteiger partial charge in [0.25, 0.3) is 0 Å². The van der Waals surface area contributed by atoms with Crippen LogP contribution in [0.5, 0.6) is 0 Å². The summed E-state index contributed by atoms with van der Waals surface area (Å²) in [6, 6.07) is 10.4. The summed E-state index contributed by atoms with van der Waals surface area (Å²) in [7, 11) is 3.99. The van der Waals surface area contributed by atoms with Crippen LogP contribution >= 0.6 is 23.1 Å². The molecule has 1 aromatic carbocycles. The number of amides is 1. The Kier molecular flexibility index (Phi) is 7.39. The van der Waals surface area contributed by atoms with E-state index in [9.17, 15) is 10.1 Å². The molecule has 1 aliphatic carbocycles. The van der Waals surface area contributed by atoms with Gasteiger partial charge in [-0.3, -0.25) is 9.36 Å². The molecule has 4 rings (SSSR count). The highest BCUT2D eigenvalue weighted by Crippen LogP contribution is 2.39. The van der Waals surface area contributed by atoms with Gasteiger partial charge in [-0.05, 0) is 42.9 Å². The fourth-order valence-electron chi connectivity index (χ4n) is 4.08. The number of aromatic nitrogens is 3. The summed E-state index contributed by atoms with van der Waals surface area (Å²) < 4.78 is 1.96. The van der Waals surface area contributed by atoms with Crippen molar-refractivity contribution < 1.29 is 4.79 Å². The Morgan fingerprint density at radius 2 is 2.26 bits per heavy atom. The van der Waals surface area contributed by atoms with Gasteiger partial charge in [-0.1, -0.05) is 36.9 Å². The lowest BCUT2D eigenvalue weighted by Gasteiger charge is -2.17. The second kappa shape index (κ2) is 10.5. The van der Waals surface area contributed by atoms with Crippen molar-refractivity contribution >= 4 is 39.7 Å². The molecule has 7 nitrogen and oxygen atoms in total. The predicted molar refractivity (Wildman–Crippen MR) is 140 cm³/mol. The SMILES string of the molecule is C=CCn1c(SCC(=O)Nc2sc3c(c2C#N)CCC(C)C3)nnc1-c1cccc(N(C)C)c1. The van der Waals surface area contributed by atoms with E-state index < -0.39 is 0 Å². The number of allylic oxidation sites excluding steroid dienone is 1. The molecular weight excluding hydrogens is 464 g/mol. The van der Waals surface area contributed by atoms with Crippen molar-refractivity contribution in [1.82, 2.24) is 14.8 Å². The van der Waals surface area contributed by atoms with Gasteiger partial charge in [0.15, 0.2) is 11.0 Å². The second-order valence-corrected chi connectivity index (χ2v) is 10.7. The van der Waals surface area contributed by atoms with Crippen molar-refractivity contribution in [1.29, 1.82) is 5.26 Å². The molecule has 0 radical (unpaired) electrons. The van der Waals surface area contributed by atoms with Gasteiger partial charge in [-0.2, -0.15) is 5.26 Å². The van der Waals surface area contributed by atoms with Crippen LogP contribution < -0.4 is 10.2 Å². The molecule has 1 amide bonds. The van der Waals surface area contributed by atoms with Crippen molar-refractivity contribution in [3.05, 3.63) is 52.9 Å². The van der Waals surface area contributed by atoms with Crippen LogP contribution in [0, 0.1) is 17.2 Å². The molecule has 0 aliphatic heterocycles.